The molecular weight excluding hydrogens is 448 g/mol. The minimum atomic E-state index is 0.000941. The van der Waals surface area contributed by atoms with Gasteiger partial charge in [0.25, 0.3) is 0 Å². The Morgan fingerprint density at radius 3 is 2.50 bits per heavy atom. The molecule has 7 nitrogen and oxygen atoms in total. The van der Waals surface area contributed by atoms with E-state index < -0.39 is 0 Å². The van der Waals surface area contributed by atoms with Crippen LogP contribution >= 0.6 is 0 Å². The van der Waals surface area contributed by atoms with Crippen molar-refractivity contribution < 1.29 is 4.79 Å². The predicted octanol–water partition coefficient (Wildman–Crippen LogP) is 4.40. The maximum Gasteiger partial charge on any atom is 0.224 e. The number of hydrogen-bond acceptors (Lipinski definition) is 5. The molecule has 0 radical (unpaired) electrons. The summed E-state index contributed by atoms with van der Waals surface area (Å²) in [5.41, 5.74) is 14.0. The minimum Gasteiger partial charge on any atom is -0.383 e. The highest BCUT2D eigenvalue weighted by Crippen LogP contribution is 2.31. The van der Waals surface area contributed by atoms with E-state index in [-0.39, 0.29) is 11.8 Å². The summed E-state index contributed by atoms with van der Waals surface area (Å²) < 4.78 is 2.00. The van der Waals surface area contributed by atoms with Crippen LogP contribution in [0.2, 0.25) is 0 Å². The Balaban J connectivity index is 1.25. The third kappa shape index (κ3) is 3.98. The van der Waals surface area contributed by atoms with Gasteiger partial charge in [0.05, 0.1) is 5.56 Å². The van der Waals surface area contributed by atoms with Crippen molar-refractivity contribution in [3.8, 4) is 17.1 Å². The Morgan fingerprint density at radius 2 is 1.78 bits per heavy atom. The fourth-order valence-corrected chi connectivity index (χ4v) is 4.94. The number of carbonyl (C=O) groups excluding carboxylic acids is 1. The molecule has 7 heteroatoms. The second kappa shape index (κ2) is 8.92. The number of rotatable bonds is 5. The Bertz CT molecular complexity index is 1560. The lowest BCUT2D eigenvalue weighted by Crippen LogP contribution is -2.30. The molecule has 0 saturated carbocycles. The Hall–Kier alpha value is -4.52. The molecule has 3 aromatic heterocycles. The number of fused-ring (bicyclic) bond motifs is 2. The first-order valence-electron chi connectivity index (χ1n) is 12.1. The first-order chi connectivity index (χ1) is 17.6. The van der Waals surface area contributed by atoms with E-state index in [1.807, 2.05) is 72.3 Å². The monoisotopic (exact) mass is 474 g/mol. The number of aromatic nitrogens is 4. The number of anilines is 1. The van der Waals surface area contributed by atoms with Crippen molar-refractivity contribution in [1.82, 2.24) is 24.8 Å². The lowest BCUT2D eigenvalue weighted by atomic mass is 10.1. The zero-order valence-corrected chi connectivity index (χ0v) is 20.0. The van der Waals surface area contributed by atoms with Gasteiger partial charge in [-0.2, -0.15) is 0 Å². The molecule has 1 aliphatic carbocycles. The second-order valence-corrected chi connectivity index (χ2v) is 9.32. The molecule has 2 aromatic carbocycles. The fourth-order valence-electron chi connectivity index (χ4n) is 4.94. The zero-order chi connectivity index (χ0) is 24.6. The second-order valence-electron chi connectivity index (χ2n) is 9.32. The summed E-state index contributed by atoms with van der Waals surface area (Å²) in [4.78, 5) is 26.5. The van der Waals surface area contributed by atoms with Gasteiger partial charge in [-0.25, -0.2) is 15.0 Å². The van der Waals surface area contributed by atoms with Gasteiger partial charge in [-0.3, -0.25) is 9.36 Å². The summed E-state index contributed by atoms with van der Waals surface area (Å²) >= 11 is 0. The van der Waals surface area contributed by atoms with Gasteiger partial charge in [0.15, 0.2) is 11.5 Å². The quantitative estimate of drug-likeness (QED) is 0.393. The molecule has 0 atom stereocenters. The molecular formula is C29H26N6O. The number of nitrogens with one attached hydrogen (secondary N) is 1. The van der Waals surface area contributed by atoms with Gasteiger partial charge in [0.1, 0.15) is 11.3 Å². The molecule has 3 heterocycles. The molecule has 0 unspecified atom stereocenters. The van der Waals surface area contributed by atoms with Crippen LogP contribution in [0.5, 0.6) is 0 Å². The van der Waals surface area contributed by atoms with Crippen LogP contribution < -0.4 is 11.1 Å². The molecule has 0 spiro atoms. The molecule has 0 bridgehead atoms. The average molecular weight is 475 g/mol. The van der Waals surface area contributed by atoms with Crippen molar-refractivity contribution in [3.05, 3.63) is 101 Å². The third-order valence-corrected chi connectivity index (χ3v) is 6.80. The number of amides is 1. The van der Waals surface area contributed by atoms with Gasteiger partial charge in [-0.1, -0.05) is 36.4 Å². The topological polar surface area (TPSA) is 98.7 Å². The highest BCUT2D eigenvalue weighted by Gasteiger charge is 2.26. The fraction of sp³-hybridized carbons (Fsp3) is 0.172. The van der Waals surface area contributed by atoms with Crippen molar-refractivity contribution in [2.24, 2.45) is 5.92 Å². The molecule has 3 N–H and O–H groups in total. The van der Waals surface area contributed by atoms with Gasteiger partial charge in [0.2, 0.25) is 5.91 Å². The van der Waals surface area contributed by atoms with Crippen LogP contribution in [-0.2, 0) is 24.2 Å². The summed E-state index contributed by atoms with van der Waals surface area (Å²) in [5.74, 6) is 1.21. The van der Waals surface area contributed by atoms with Crippen molar-refractivity contribution >= 4 is 22.9 Å². The average Bonchev–Trinajstić information content (AvgIpc) is 3.49. The summed E-state index contributed by atoms with van der Waals surface area (Å²) in [6.07, 6.45) is 5.12. The smallest absolute Gasteiger partial charge is 0.224 e. The third-order valence-electron chi connectivity index (χ3n) is 6.80. The van der Waals surface area contributed by atoms with Crippen molar-refractivity contribution in [1.29, 1.82) is 0 Å². The van der Waals surface area contributed by atoms with Crippen molar-refractivity contribution in [2.45, 2.75) is 26.3 Å². The molecule has 0 aliphatic heterocycles. The Labute approximate surface area is 209 Å². The Kier molecular flexibility index (Phi) is 5.45. The summed E-state index contributed by atoms with van der Waals surface area (Å²) in [6.45, 7) is 2.48. The van der Waals surface area contributed by atoms with Crippen molar-refractivity contribution in [2.75, 3.05) is 5.73 Å². The van der Waals surface area contributed by atoms with E-state index in [9.17, 15) is 4.79 Å². The van der Waals surface area contributed by atoms with Gasteiger partial charge in [-0.15, -0.1) is 0 Å². The van der Waals surface area contributed by atoms with Crippen LogP contribution in [-0.4, -0.2) is 25.4 Å². The van der Waals surface area contributed by atoms with E-state index >= 15 is 0 Å². The SMILES string of the molecule is Cc1cnc2c(c1)nc(-c1cccnc1N)n2-c1ccc(CNC(=O)C2Cc3ccccc3C2)cc1. The number of nitrogen functional groups attached to an aromatic ring is 1. The number of benzene rings is 2. The first-order valence-corrected chi connectivity index (χ1v) is 12.1. The number of nitrogens with two attached hydrogens (primary N) is 1. The van der Waals surface area contributed by atoms with Crippen LogP contribution in [0.15, 0.2) is 79.1 Å². The molecule has 0 saturated heterocycles. The normalized spacial score (nSPS) is 13.1. The van der Waals surface area contributed by atoms with Gasteiger partial charge < -0.3 is 11.1 Å². The van der Waals surface area contributed by atoms with E-state index in [4.69, 9.17) is 10.7 Å². The molecule has 178 valence electrons. The van der Waals surface area contributed by atoms with E-state index in [0.717, 1.165) is 46.4 Å². The highest BCUT2D eigenvalue weighted by molar-refractivity contribution is 5.83. The van der Waals surface area contributed by atoms with Gasteiger partial charge >= 0.3 is 0 Å². The van der Waals surface area contributed by atoms with Crippen LogP contribution in [0.1, 0.15) is 22.3 Å². The van der Waals surface area contributed by atoms with E-state index in [0.29, 0.717) is 18.2 Å². The van der Waals surface area contributed by atoms with Crippen molar-refractivity contribution in [3.63, 3.8) is 0 Å². The first kappa shape index (κ1) is 22.0. The molecule has 6 rings (SSSR count). The maximum atomic E-state index is 12.8. The minimum absolute atomic E-state index is 0.000941. The molecule has 1 amide bonds. The predicted molar refractivity (Wildman–Crippen MR) is 140 cm³/mol. The highest BCUT2D eigenvalue weighted by atomic mass is 16.1. The van der Waals surface area contributed by atoms with Gasteiger partial charge in [0, 0.05) is 30.5 Å². The number of hydrogen-bond donors (Lipinski definition) is 2. The zero-order valence-electron chi connectivity index (χ0n) is 20.0. The van der Waals surface area contributed by atoms with E-state index in [1.54, 1.807) is 6.20 Å². The molecule has 0 fully saturated rings. The van der Waals surface area contributed by atoms with Crippen LogP contribution in [0.3, 0.4) is 0 Å². The standard InChI is InChI=1S/C29H26N6O/c1-18-13-25-28(32-16-18)35(27(34-25)24-7-4-12-31-26(24)30)23-10-8-19(9-11-23)17-33-29(36)22-14-20-5-2-3-6-21(20)15-22/h2-13,16,22H,14-15,17H2,1H3,(H2,30,31)(H,33,36). The lowest BCUT2D eigenvalue weighted by molar-refractivity contribution is -0.124. The Morgan fingerprint density at radius 1 is 1.03 bits per heavy atom. The number of aryl methyl sites for hydroxylation is 1. The maximum absolute atomic E-state index is 12.8. The molecule has 1 aliphatic rings. The number of carbonyl (C=O) groups is 1. The molecule has 36 heavy (non-hydrogen) atoms. The summed E-state index contributed by atoms with van der Waals surface area (Å²) in [5, 5.41) is 3.12. The number of nitrogens with zero attached hydrogens (tertiary/aromatic N) is 4. The number of imidazole rings is 1. The molecule has 5 aromatic rings. The van der Waals surface area contributed by atoms with Crippen LogP contribution in [0.25, 0.3) is 28.2 Å². The van der Waals surface area contributed by atoms with E-state index in [1.165, 1.54) is 11.1 Å². The van der Waals surface area contributed by atoms with Crippen LogP contribution in [0, 0.1) is 12.8 Å². The summed E-state index contributed by atoms with van der Waals surface area (Å²) in [7, 11) is 0. The lowest BCUT2D eigenvalue weighted by Gasteiger charge is -2.13. The summed E-state index contributed by atoms with van der Waals surface area (Å²) in [6, 6.07) is 22.2. The number of pyridine rings is 2. The van der Waals surface area contributed by atoms with Crippen LogP contribution in [0.4, 0.5) is 5.82 Å². The van der Waals surface area contributed by atoms with E-state index in [2.05, 4.69) is 27.4 Å². The largest absolute Gasteiger partial charge is 0.383 e. The van der Waals surface area contributed by atoms with Gasteiger partial charge in [-0.05, 0) is 72.4 Å².